The van der Waals surface area contributed by atoms with E-state index in [0.717, 1.165) is 25.0 Å². The van der Waals surface area contributed by atoms with Crippen molar-refractivity contribution in [2.45, 2.75) is 31.9 Å². The average molecular weight is 415 g/mol. The van der Waals surface area contributed by atoms with Crippen molar-refractivity contribution in [3.8, 4) is 5.69 Å². The molecule has 0 spiro atoms. The minimum absolute atomic E-state index is 0.0102. The Morgan fingerprint density at radius 1 is 1.32 bits per heavy atom. The van der Waals surface area contributed by atoms with E-state index in [-0.39, 0.29) is 35.2 Å². The van der Waals surface area contributed by atoms with Gasteiger partial charge in [0.2, 0.25) is 0 Å². The van der Waals surface area contributed by atoms with Crippen molar-refractivity contribution in [1.82, 2.24) is 15.1 Å². The number of carbonyl (C=O) groups is 1. The molecule has 0 bridgehead atoms. The van der Waals surface area contributed by atoms with Gasteiger partial charge in [-0.25, -0.2) is 13.1 Å². The van der Waals surface area contributed by atoms with Gasteiger partial charge in [0.15, 0.2) is 9.84 Å². The minimum Gasteiger partial charge on any atom is -0.351 e. The van der Waals surface area contributed by atoms with Crippen LogP contribution in [0, 0.1) is 0 Å². The van der Waals surface area contributed by atoms with Gasteiger partial charge in [-0.2, -0.15) is 18.3 Å². The van der Waals surface area contributed by atoms with Crippen LogP contribution in [0.15, 0.2) is 30.5 Å². The van der Waals surface area contributed by atoms with E-state index in [0.29, 0.717) is 5.69 Å². The number of nitrogens with one attached hydrogen (secondary N) is 1. The molecule has 1 aromatic heterocycles. The lowest BCUT2D eigenvalue weighted by molar-refractivity contribution is -0.137. The zero-order valence-corrected chi connectivity index (χ0v) is 16.0. The molecule has 1 fully saturated rings. The van der Waals surface area contributed by atoms with Gasteiger partial charge in [-0.05, 0) is 31.0 Å². The molecule has 1 aromatic carbocycles. The van der Waals surface area contributed by atoms with Crippen molar-refractivity contribution in [1.29, 1.82) is 0 Å². The van der Waals surface area contributed by atoms with Crippen molar-refractivity contribution < 1.29 is 26.4 Å². The van der Waals surface area contributed by atoms with E-state index >= 15 is 0 Å². The molecule has 1 aliphatic rings. The maximum absolute atomic E-state index is 13.0. The van der Waals surface area contributed by atoms with E-state index in [1.54, 1.807) is 0 Å². The first kappa shape index (κ1) is 20.4. The zero-order chi connectivity index (χ0) is 20.5. The van der Waals surface area contributed by atoms with E-state index in [1.807, 2.05) is 0 Å². The first-order valence-electron chi connectivity index (χ1n) is 8.86. The van der Waals surface area contributed by atoms with Crippen LogP contribution in [0.3, 0.4) is 0 Å². The zero-order valence-electron chi connectivity index (χ0n) is 15.2. The summed E-state index contributed by atoms with van der Waals surface area (Å²) in [6.07, 6.45) is -1.53. The van der Waals surface area contributed by atoms with Crippen LogP contribution < -0.4 is 5.32 Å². The lowest BCUT2D eigenvalue weighted by Crippen LogP contribution is -2.30. The number of nitrogens with zero attached hydrogens (tertiary/aromatic N) is 2. The van der Waals surface area contributed by atoms with E-state index < -0.39 is 27.5 Å². The normalized spacial score (nSPS) is 14.9. The second-order valence-corrected chi connectivity index (χ2v) is 9.14. The second kappa shape index (κ2) is 7.57. The molecule has 1 amide bonds. The van der Waals surface area contributed by atoms with Crippen LogP contribution in [0.1, 0.15) is 47.3 Å². The number of hydrogen-bond acceptors (Lipinski definition) is 4. The Hall–Kier alpha value is -2.36. The van der Waals surface area contributed by atoms with Gasteiger partial charge < -0.3 is 5.32 Å². The molecule has 0 aliphatic heterocycles. The molecule has 0 unspecified atom stereocenters. The summed E-state index contributed by atoms with van der Waals surface area (Å²) in [6.45, 7) is 1.50. The summed E-state index contributed by atoms with van der Waals surface area (Å²) in [5.74, 6) is -0.622. The van der Waals surface area contributed by atoms with E-state index in [2.05, 4.69) is 10.4 Å². The van der Waals surface area contributed by atoms with Gasteiger partial charge >= 0.3 is 6.18 Å². The molecule has 10 heteroatoms. The topological polar surface area (TPSA) is 81.1 Å². The molecule has 0 radical (unpaired) electrons. The Balaban J connectivity index is 1.86. The average Bonchev–Trinajstić information content (AvgIpc) is 3.38. The van der Waals surface area contributed by atoms with Crippen molar-refractivity contribution >= 4 is 15.7 Å². The molecule has 1 heterocycles. The Morgan fingerprint density at radius 3 is 2.64 bits per heavy atom. The molecule has 1 aliphatic carbocycles. The van der Waals surface area contributed by atoms with Crippen molar-refractivity contribution in [2.75, 3.05) is 18.1 Å². The lowest BCUT2D eigenvalue weighted by atomic mass is 10.1. The Bertz CT molecular complexity index is 979. The monoisotopic (exact) mass is 415 g/mol. The molecule has 28 heavy (non-hydrogen) atoms. The SMILES string of the molecule is CCS(=O)(=O)CCNC(=O)c1cnn(-c2cccc(C(F)(F)F)c2)c1C1CC1. The summed E-state index contributed by atoms with van der Waals surface area (Å²) < 4.78 is 63.5. The maximum atomic E-state index is 13.0. The van der Waals surface area contributed by atoms with Crippen molar-refractivity contribution in [2.24, 2.45) is 0 Å². The fourth-order valence-corrected chi connectivity index (χ4v) is 3.56. The summed E-state index contributed by atoms with van der Waals surface area (Å²) in [4.78, 5) is 12.5. The number of benzene rings is 1. The quantitative estimate of drug-likeness (QED) is 0.754. The highest BCUT2D eigenvalue weighted by Gasteiger charge is 2.34. The summed E-state index contributed by atoms with van der Waals surface area (Å²) >= 11 is 0. The number of carbonyl (C=O) groups excluding carboxylic acids is 1. The van der Waals surface area contributed by atoms with Gasteiger partial charge in [-0.3, -0.25) is 4.79 Å². The first-order chi connectivity index (χ1) is 13.1. The molecular weight excluding hydrogens is 395 g/mol. The van der Waals surface area contributed by atoms with E-state index in [9.17, 15) is 26.4 Å². The predicted molar refractivity (Wildman–Crippen MR) is 97.2 cm³/mol. The van der Waals surface area contributed by atoms with Crippen LogP contribution in [-0.4, -0.2) is 42.2 Å². The van der Waals surface area contributed by atoms with Crippen LogP contribution in [0.4, 0.5) is 13.2 Å². The van der Waals surface area contributed by atoms with Crippen molar-refractivity contribution in [3.63, 3.8) is 0 Å². The van der Waals surface area contributed by atoms with Crippen LogP contribution in [-0.2, 0) is 16.0 Å². The molecule has 3 rings (SSSR count). The molecule has 0 atom stereocenters. The summed E-state index contributed by atoms with van der Waals surface area (Å²) in [5.41, 5.74) is 0.242. The third kappa shape index (κ3) is 4.54. The molecule has 2 aromatic rings. The lowest BCUT2D eigenvalue weighted by Gasteiger charge is -2.12. The van der Waals surface area contributed by atoms with Gasteiger partial charge in [-0.15, -0.1) is 0 Å². The van der Waals surface area contributed by atoms with Crippen LogP contribution in [0.25, 0.3) is 5.69 Å². The highest BCUT2D eigenvalue weighted by molar-refractivity contribution is 7.91. The molecule has 1 saturated carbocycles. The molecule has 6 nitrogen and oxygen atoms in total. The van der Waals surface area contributed by atoms with E-state index in [1.165, 1.54) is 29.9 Å². The fourth-order valence-electron chi connectivity index (χ4n) is 2.86. The summed E-state index contributed by atoms with van der Waals surface area (Å²) in [7, 11) is -3.21. The Kier molecular flexibility index (Phi) is 5.51. The largest absolute Gasteiger partial charge is 0.416 e. The number of amides is 1. The number of hydrogen-bond donors (Lipinski definition) is 1. The van der Waals surface area contributed by atoms with Gasteiger partial charge in [0.1, 0.15) is 0 Å². The molecule has 1 N–H and O–H groups in total. The van der Waals surface area contributed by atoms with Crippen LogP contribution >= 0.6 is 0 Å². The van der Waals surface area contributed by atoms with Crippen LogP contribution in [0.2, 0.25) is 0 Å². The predicted octanol–water partition coefficient (Wildman–Crippen LogP) is 2.93. The standard InChI is InChI=1S/C18H20F3N3O3S/c1-2-28(26,27)9-8-22-17(25)15-11-23-24(16(15)12-6-7-12)14-5-3-4-13(10-14)18(19,20)21/h3-5,10-12H,2,6-9H2,1H3,(H,22,25). The number of halogens is 3. The van der Waals surface area contributed by atoms with E-state index in [4.69, 9.17) is 0 Å². The van der Waals surface area contributed by atoms with Gasteiger partial charge in [0.25, 0.3) is 5.91 Å². The Labute approximate surface area is 160 Å². The maximum Gasteiger partial charge on any atom is 0.416 e. The third-order valence-electron chi connectivity index (χ3n) is 4.57. The number of sulfone groups is 1. The number of rotatable bonds is 7. The number of aromatic nitrogens is 2. The summed E-state index contributed by atoms with van der Waals surface area (Å²) in [6, 6.07) is 4.77. The highest BCUT2D eigenvalue weighted by atomic mass is 32.2. The molecule has 152 valence electrons. The highest BCUT2D eigenvalue weighted by Crippen LogP contribution is 2.42. The van der Waals surface area contributed by atoms with Gasteiger partial charge in [-0.1, -0.05) is 13.0 Å². The van der Waals surface area contributed by atoms with Crippen LogP contribution in [0.5, 0.6) is 0 Å². The third-order valence-corrected chi connectivity index (χ3v) is 6.28. The van der Waals surface area contributed by atoms with Gasteiger partial charge in [0.05, 0.1) is 34.5 Å². The van der Waals surface area contributed by atoms with Crippen molar-refractivity contribution in [3.05, 3.63) is 47.3 Å². The number of alkyl halides is 3. The molecular formula is C18H20F3N3O3S. The Morgan fingerprint density at radius 2 is 2.04 bits per heavy atom. The molecule has 0 saturated heterocycles. The van der Waals surface area contributed by atoms with Gasteiger partial charge in [0, 0.05) is 18.2 Å². The minimum atomic E-state index is -4.48. The fraction of sp³-hybridized carbons (Fsp3) is 0.444. The smallest absolute Gasteiger partial charge is 0.351 e. The second-order valence-electron chi connectivity index (χ2n) is 6.67. The first-order valence-corrected chi connectivity index (χ1v) is 10.7. The summed E-state index contributed by atoms with van der Waals surface area (Å²) in [5, 5.41) is 6.70.